The molecule has 1 amide bonds. The highest BCUT2D eigenvalue weighted by molar-refractivity contribution is 7.89. The predicted octanol–water partition coefficient (Wildman–Crippen LogP) is 2.80. The number of hydrogen-bond donors (Lipinski definition) is 1. The molecule has 10 heteroatoms. The van der Waals surface area contributed by atoms with E-state index in [1.54, 1.807) is 0 Å². The number of ether oxygens (including phenoxy) is 2. The Balaban J connectivity index is 2.36. The van der Waals surface area contributed by atoms with Crippen LogP contribution in [0.2, 0.25) is 0 Å². The highest BCUT2D eigenvalue weighted by atomic mass is 32.2. The number of benzene rings is 2. The quantitative estimate of drug-likeness (QED) is 0.773. The van der Waals surface area contributed by atoms with Gasteiger partial charge in [0.25, 0.3) is 5.91 Å². The number of nitrogens with zero attached hydrogens (tertiary/aromatic N) is 1. The van der Waals surface area contributed by atoms with Gasteiger partial charge in [0, 0.05) is 19.8 Å². The highest BCUT2D eigenvalue weighted by Crippen LogP contribution is 2.33. The van der Waals surface area contributed by atoms with Gasteiger partial charge in [-0.3, -0.25) is 4.79 Å². The van der Waals surface area contributed by atoms with Crippen LogP contribution in [0.1, 0.15) is 10.4 Å². The number of para-hydroxylation sites is 1. The third-order valence-corrected chi connectivity index (χ3v) is 5.33. The van der Waals surface area contributed by atoms with Gasteiger partial charge >= 0.3 is 6.61 Å². The van der Waals surface area contributed by atoms with Crippen LogP contribution < -0.4 is 14.8 Å². The van der Waals surface area contributed by atoms with Crippen molar-refractivity contribution in [1.29, 1.82) is 0 Å². The van der Waals surface area contributed by atoms with Crippen LogP contribution in [0.15, 0.2) is 47.4 Å². The fourth-order valence-corrected chi connectivity index (χ4v) is 3.16. The van der Waals surface area contributed by atoms with Crippen molar-refractivity contribution in [1.82, 2.24) is 4.31 Å². The molecule has 0 aliphatic rings. The van der Waals surface area contributed by atoms with Crippen LogP contribution in [-0.2, 0) is 10.0 Å². The molecule has 0 aliphatic carbocycles. The van der Waals surface area contributed by atoms with Gasteiger partial charge in [0.05, 0.1) is 17.6 Å². The fourth-order valence-electron chi connectivity index (χ4n) is 2.21. The third kappa shape index (κ3) is 4.72. The second-order valence-corrected chi connectivity index (χ2v) is 7.64. The molecule has 0 bridgehead atoms. The van der Waals surface area contributed by atoms with Crippen LogP contribution in [-0.4, -0.2) is 46.4 Å². The molecule has 0 atom stereocenters. The van der Waals surface area contributed by atoms with Gasteiger partial charge in [0.2, 0.25) is 10.0 Å². The largest absolute Gasteiger partial charge is 0.493 e. The molecular formula is C17H18F2N2O5S. The van der Waals surface area contributed by atoms with E-state index < -0.39 is 28.3 Å². The molecule has 0 saturated heterocycles. The normalized spacial score (nSPS) is 11.5. The van der Waals surface area contributed by atoms with Crippen molar-refractivity contribution in [3.8, 4) is 11.5 Å². The van der Waals surface area contributed by atoms with E-state index in [1.165, 1.54) is 63.7 Å². The van der Waals surface area contributed by atoms with Gasteiger partial charge in [-0.2, -0.15) is 8.78 Å². The van der Waals surface area contributed by atoms with Gasteiger partial charge in [0.15, 0.2) is 11.5 Å². The van der Waals surface area contributed by atoms with Crippen LogP contribution in [0.3, 0.4) is 0 Å². The van der Waals surface area contributed by atoms with Gasteiger partial charge in [-0.1, -0.05) is 12.1 Å². The summed E-state index contributed by atoms with van der Waals surface area (Å²) in [6, 6.07) is 9.67. The standard InChI is InChI=1S/C17H18F2N2O5S/c1-21(2)27(23,24)12-7-4-6-11(10-12)20-16(22)13-8-5-9-14(25-3)15(13)26-17(18)19/h4-10,17H,1-3H3,(H,20,22). The van der Waals surface area contributed by atoms with E-state index >= 15 is 0 Å². The number of hydrogen-bond acceptors (Lipinski definition) is 5. The Morgan fingerprint density at radius 1 is 1.15 bits per heavy atom. The van der Waals surface area contributed by atoms with Crippen molar-refractivity contribution in [2.24, 2.45) is 0 Å². The Morgan fingerprint density at radius 3 is 2.41 bits per heavy atom. The Hall–Kier alpha value is -2.72. The van der Waals surface area contributed by atoms with E-state index in [1.807, 2.05) is 0 Å². The smallest absolute Gasteiger partial charge is 0.387 e. The number of alkyl halides is 2. The van der Waals surface area contributed by atoms with E-state index in [0.29, 0.717) is 0 Å². The van der Waals surface area contributed by atoms with Gasteiger partial charge in [-0.15, -0.1) is 0 Å². The first-order chi connectivity index (χ1) is 12.7. The van der Waals surface area contributed by atoms with E-state index in [4.69, 9.17) is 4.74 Å². The molecule has 2 aromatic carbocycles. The number of carbonyl (C=O) groups excluding carboxylic acids is 1. The molecular weight excluding hydrogens is 382 g/mol. The molecule has 0 aromatic heterocycles. The number of nitrogens with one attached hydrogen (secondary N) is 1. The second kappa shape index (κ2) is 8.31. The maximum atomic E-state index is 12.7. The lowest BCUT2D eigenvalue weighted by Crippen LogP contribution is -2.22. The number of rotatable bonds is 7. The van der Waals surface area contributed by atoms with Crippen molar-refractivity contribution in [3.63, 3.8) is 0 Å². The van der Waals surface area contributed by atoms with E-state index in [9.17, 15) is 22.0 Å². The molecule has 2 aromatic rings. The first kappa shape index (κ1) is 20.6. The van der Waals surface area contributed by atoms with Crippen molar-refractivity contribution in [3.05, 3.63) is 48.0 Å². The summed E-state index contributed by atoms with van der Waals surface area (Å²) in [5.41, 5.74) is -0.00994. The monoisotopic (exact) mass is 400 g/mol. The molecule has 0 radical (unpaired) electrons. The van der Waals surface area contributed by atoms with Gasteiger partial charge < -0.3 is 14.8 Å². The Bertz CT molecular complexity index is 933. The van der Waals surface area contributed by atoms with Crippen LogP contribution >= 0.6 is 0 Å². The number of anilines is 1. The number of amides is 1. The minimum atomic E-state index is -3.70. The van der Waals surface area contributed by atoms with Gasteiger partial charge in [-0.25, -0.2) is 12.7 Å². The zero-order chi connectivity index (χ0) is 20.2. The van der Waals surface area contributed by atoms with Crippen molar-refractivity contribution in [2.75, 3.05) is 26.5 Å². The molecule has 0 spiro atoms. The van der Waals surface area contributed by atoms with E-state index in [0.717, 1.165) is 4.31 Å². The first-order valence-electron chi connectivity index (χ1n) is 7.62. The first-order valence-corrected chi connectivity index (χ1v) is 9.06. The fraction of sp³-hybridized carbons (Fsp3) is 0.235. The second-order valence-electron chi connectivity index (χ2n) is 5.48. The SMILES string of the molecule is COc1cccc(C(=O)Nc2cccc(S(=O)(=O)N(C)C)c2)c1OC(F)F. The molecule has 2 rings (SSSR count). The minimum absolute atomic E-state index is 0.0278. The number of methoxy groups -OCH3 is 1. The number of sulfonamides is 1. The van der Waals surface area contributed by atoms with Crippen molar-refractivity contribution >= 4 is 21.6 Å². The summed E-state index contributed by atoms with van der Waals surface area (Å²) in [7, 11) is 0.318. The summed E-state index contributed by atoms with van der Waals surface area (Å²) in [5.74, 6) is -1.21. The van der Waals surface area contributed by atoms with Crippen LogP contribution in [0.25, 0.3) is 0 Å². The Morgan fingerprint density at radius 2 is 1.81 bits per heavy atom. The molecule has 0 unspecified atom stereocenters. The lowest BCUT2D eigenvalue weighted by Gasteiger charge is -2.15. The Labute approximate surface area is 155 Å². The molecule has 7 nitrogen and oxygen atoms in total. The summed E-state index contributed by atoms with van der Waals surface area (Å²) < 4.78 is 60.2. The summed E-state index contributed by atoms with van der Waals surface area (Å²) >= 11 is 0. The Kier molecular flexibility index (Phi) is 6.34. The molecule has 0 aliphatic heterocycles. The average molecular weight is 400 g/mol. The van der Waals surface area contributed by atoms with E-state index in [2.05, 4.69) is 10.1 Å². The van der Waals surface area contributed by atoms with Crippen molar-refractivity contribution < 1.29 is 31.5 Å². The number of carbonyl (C=O) groups is 1. The summed E-state index contributed by atoms with van der Waals surface area (Å²) in [6.45, 7) is -3.15. The van der Waals surface area contributed by atoms with Gasteiger partial charge in [0.1, 0.15) is 0 Å². The minimum Gasteiger partial charge on any atom is -0.493 e. The summed E-state index contributed by atoms with van der Waals surface area (Å²) in [4.78, 5) is 12.5. The molecule has 1 N–H and O–H groups in total. The third-order valence-electron chi connectivity index (χ3n) is 3.52. The van der Waals surface area contributed by atoms with Crippen LogP contribution in [0.4, 0.5) is 14.5 Å². The average Bonchev–Trinajstić information content (AvgIpc) is 2.61. The van der Waals surface area contributed by atoms with Gasteiger partial charge in [-0.05, 0) is 30.3 Å². The van der Waals surface area contributed by atoms with E-state index in [-0.39, 0.29) is 21.9 Å². The molecule has 146 valence electrons. The lowest BCUT2D eigenvalue weighted by atomic mass is 10.1. The van der Waals surface area contributed by atoms with Crippen LogP contribution in [0.5, 0.6) is 11.5 Å². The van der Waals surface area contributed by atoms with Crippen LogP contribution in [0, 0.1) is 0 Å². The number of halogens is 2. The maximum absolute atomic E-state index is 12.7. The zero-order valence-electron chi connectivity index (χ0n) is 14.8. The molecule has 0 heterocycles. The molecule has 0 saturated carbocycles. The topological polar surface area (TPSA) is 84.9 Å². The highest BCUT2D eigenvalue weighted by Gasteiger charge is 2.21. The summed E-state index contributed by atoms with van der Waals surface area (Å²) in [6.07, 6.45) is 0. The lowest BCUT2D eigenvalue weighted by molar-refractivity contribution is -0.0515. The predicted molar refractivity (Wildman–Crippen MR) is 94.9 cm³/mol. The maximum Gasteiger partial charge on any atom is 0.387 e. The van der Waals surface area contributed by atoms with Crippen molar-refractivity contribution in [2.45, 2.75) is 11.5 Å². The molecule has 27 heavy (non-hydrogen) atoms. The zero-order valence-corrected chi connectivity index (χ0v) is 15.6. The summed E-state index contributed by atoms with van der Waals surface area (Å²) in [5, 5.41) is 2.47. The molecule has 0 fully saturated rings.